The van der Waals surface area contributed by atoms with Crippen LogP contribution in [0.2, 0.25) is 0 Å². The first kappa shape index (κ1) is 23.4. The summed E-state index contributed by atoms with van der Waals surface area (Å²) >= 11 is 0. The third kappa shape index (κ3) is 7.45. The molecule has 3 N–H and O–H groups in total. The van der Waals surface area contributed by atoms with Crippen LogP contribution in [0.5, 0.6) is 0 Å². The third-order valence-electron chi connectivity index (χ3n) is 5.56. The minimum Gasteiger partial charge on any atom is -0.373 e. The lowest BCUT2D eigenvalue weighted by Gasteiger charge is -2.23. The molecule has 0 fully saturated rings. The number of unbranched alkanes of at least 4 members (excludes halogenated alkanes) is 6. The van der Waals surface area contributed by atoms with Crippen LogP contribution in [0.3, 0.4) is 0 Å². The Morgan fingerprint density at radius 3 is 2.66 bits per heavy atom. The van der Waals surface area contributed by atoms with Gasteiger partial charge < -0.3 is 9.88 Å². The number of benzene rings is 1. The van der Waals surface area contributed by atoms with Gasteiger partial charge in [0.2, 0.25) is 0 Å². The van der Waals surface area contributed by atoms with E-state index < -0.39 is 0 Å². The van der Waals surface area contributed by atoms with Crippen molar-refractivity contribution in [3.05, 3.63) is 72.1 Å². The summed E-state index contributed by atoms with van der Waals surface area (Å²) in [5.74, 6) is -0.757. The van der Waals surface area contributed by atoms with Crippen LogP contribution in [0.1, 0.15) is 62.4 Å². The van der Waals surface area contributed by atoms with Crippen LogP contribution in [0.15, 0.2) is 66.4 Å². The summed E-state index contributed by atoms with van der Waals surface area (Å²) < 4.78 is 0. The predicted molar refractivity (Wildman–Crippen MR) is 130 cm³/mol. The molecule has 3 rings (SSSR count). The molecule has 1 aliphatic rings. The highest BCUT2D eigenvalue weighted by atomic mass is 16.2. The Kier molecular flexibility index (Phi) is 9.17. The second-order valence-electron chi connectivity index (χ2n) is 8.22. The molecule has 0 saturated heterocycles. The van der Waals surface area contributed by atoms with Crippen LogP contribution in [0.25, 0.3) is 10.9 Å². The molecule has 0 aliphatic carbocycles. The van der Waals surface area contributed by atoms with Gasteiger partial charge >= 0.3 is 0 Å². The van der Waals surface area contributed by atoms with Crippen LogP contribution in [0, 0.1) is 0 Å². The van der Waals surface area contributed by atoms with Crippen LogP contribution >= 0.6 is 0 Å². The summed E-state index contributed by atoms with van der Waals surface area (Å²) in [7, 11) is 0. The summed E-state index contributed by atoms with van der Waals surface area (Å²) in [6.07, 6.45) is 18.5. The van der Waals surface area contributed by atoms with Crippen molar-refractivity contribution in [2.24, 2.45) is 0 Å². The zero-order chi connectivity index (χ0) is 22.6. The number of nitrogens with one attached hydrogen (secondary N) is 3. The zero-order valence-corrected chi connectivity index (χ0v) is 18.9. The molecule has 0 atom stereocenters. The van der Waals surface area contributed by atoms with E-state index in [0.29, 0.717) is 5.69 Å². The average molecular weight is 435 g/mol. The normalized spacial score (nSPS) is 13.5. The second kappa shape index (κ2) is 12.5. The van der Waals surface area contributed by atoms with Gasteiger partial charge in [-0.1, -0.05) is 75.8 Å². The van der Waals surface area contributed by atoms with Gasteiger partial charge in [0, 0.05) is 30.1 Å². The van der Waals surface area contributed by atoms with E-state index in [4.69, 9.17) is 0 Å². The van der Waals surface area contributed by atoms with Gasteiger partial charge in [-0.15, -0.1) is 0 Å². The standard InChI is InChI=1S/C26H34N4O2/c1-2-3-4-5-6-7-10-17-30-18-11-12-21(20-30)15-16-25(31)28-29-26(32)24-19-22-13-8-9-14-23(22)27-24/h8-9,11-16,18-19,27H,2-7,10,17,20H2,1H3,(H,28,31)(H,29,32)/b16-15+. The lowest BCUT2D eigenvalue weighted by molar-refractivity contribution is -0.117. The maximum Gasteiger partial charge on any atom is 0.286 e. The summed E-state index contributed by atoms with van der Waals surface area (Å²) in [4.78, 5) is 29.7. The average Bonchev–Trinajstić information content (AvgIpc) is 3.25. The van der Waals surface area contributed by atoms with Crippen LogP contribution in [0.4, 0.5) is 0 Å². The van der Waals surface area contributed by atoms with Crippen molar-refractivity contribution in [1.29, 1.82) is 0 Å². The minimum absolute atomic E-state index is 0.372. The van der Waals surface area contributed by atoms with Crippen LogP contribution in [-0.4, -0.2) is 34.8 Å². The highest BCUT2D eigenvalue weighted by Gasteiger charge is 2.10. The number of nitrogens with zero attached hydrogens (tertiary/aromatic N) is 1. The molecular formula is C26H34N4O2. The quantitative estimate of drug-likeness (QED) is 0.265. The first-order valence-electron chi connectivity index (χ1n) is 11.6. The fraction of sp³-hybridized carbons (Fsp3) is 0.385. The summed E-state index contributed by atoms with van der Waals surface area (Å²) in [5, 5.41) is 0.946. The first-order valence-corrected chi connectivity index (χ1v) is 11.6. The van der Waals surface area contributed by atoms with Crippen molar-refractivity contribution >= 4 is 22.7 Å². The number of fused-ring (bicyclic) bond motifs is 1. The molecular weight excluding hydrogens is 400 g/mol. The summed E-state index contributed by atoms with van der Waals surface area (Å²) in [6.45, 7) is 4.06. The van der Waals surface area contributed by atoms with E-state index in [1.165, 1.54) is 51.0 Å². The van der Waals surface area contributed by atoms with E-state index in [9.17, 15) is 9.59 Å². The fourth-order valence-electron chi connectivity index (χ4n) is 3.77. The van der Waals surface area contributed by atoms with E-state index >= 15 is 0 Å². The number of aromatic nitrogens is 1. The van der Waals surface area contributed by atoms with Gasteiger partial charge in [-0.2, -0.15) is 0 Å². The maximum atomic E-state index is 12.3. The first-order chi connectivity index (χ1) is 15.7. The SMILES string of the molecule is CCCCCCCCCN1C=CC=C(/C=C/C(=O)NNC(=O)c2cc3ccccc3[nH]2)C1. The van der Waals surface area contributed by atoms with Crippen molar-refractivity contribution in [2.45, 2.75) is 51.9 Å². The Balaban J connectivity index is 1.36. The molecule has 1 aliphatic heterocycles. The molecule has 0 saturated carbocycles. The number of H-pyrrole nitrogens is 1. The number of hydrogen-bond acceptors (Lipinski definition) is 3. The van der Waals surface area contributed by atoms with Crippen molar-refractivity contribution in [1.82, 2.24) is 20.7 Å². The Morgan fingerprint density at radius 1 is 1.06 bits per heavy atom. The molecule has 32 heavy (non-hydrogen) atoms. The topological polar surface area (TPSA) is 77.2 Å². The molecule has 6 nitrogen and oxygen atoms in total. The molecule has 170 valence electrons. The maximum absolute atomic E-state index is 12.3. The van der Waals surface area contributed by atoms with E-state index in [1.807, 2.05) is 36.4 Å². The molecule has 6 heteroatoms. The van der Waals surface area contributed by atoms with Crippen molar-refractivity contribution in [3.63, 3.8) is 0 Å². The molecule has 0 spiro atoms. The van der Waals surface area contributed by atoms with Crippen LogP contribution in [-0.2, 0) is 4.79 Å². The molecule has 0 unspecified atom stereocenters. The number of amides is 2. The van der Waals surface area contributed by atoms with Crippen molar-refractivity contribution in [2.75, 3.05) is 13.1 Å². The molecule has 2 heterocycles. The molecule has 1 aromatic carbocycles. The summed E-state index contributed by atoms with van der Waals surface area (Å²) in [5.41, 5.74) is 7.22. The smallest absolute Gasteiger partial charge is 0.286 e. The van der Waals surface area contributed by atoms with Crippen molar-refractivity contribution in [3.8, 4) is 0 Å². The van der Waals surface area contributed by atoms with Gasteiger partial charge in [-0.05, 0) is 36.4 Å². The molecule has 0 bridgehead atoms. The number of allylic oxidation sites excluding steroid dienone is 2. The number of aromatic amines is 1. The van der Waals surface area contributed by atoms with E-state index in [1.54, 1.807) is 12.1 Å². The lowest BCUT2D eigenvalue weighted by Crippen LogP contribution is -2.41. The molecule has 2 amide bonds. The molecule has 2 aromatic rings. The molecule has 1 aromatic heterocycles. The van der Waals surface area contributed by atoms with E-state index in [-0.39, 0.29) is 11.8 Å². The Labute approximate surface area is 190 Å². The second-order valence-corrected chi connectivity index (χ2v) is 8.22. The Hall–Kier alpha value is -3.28. The highest BCUT2D eigenvalue weighted by molar-refractivity contribution is 5.99. The van der Waals surface area contributed by atoms with Crippen molar-refractivity contribution < 1.29 is 9.59 Å². The monoisotopic (exact) mass is 434 g/mol. The van der Waals surface area contributed by atoms with Gasteiger partial charge in [0.15, 0.2) is 0 Å². The Morgan fingerprint density at radius 2 is 1.84 bits per heavy atom. The van der Waals surface area contributed by atoms with Gasteiger partial charge in [-0.25, -0.2) is 0 Å². The largest absolute Gasteiger partial charge is 0.373 e. The van der Waals surface area contributed by atoms with Gasteiger partial charge in [0.25, 0.3) is 11.8 Å². The zero-order valence-electron chi connectivity index (χ0n) is 18.9. The number of rotatable bonds is 11. The van der Waals surface area contributed by atoms with Gasteiger partial charge in [-0.3, -0.25) is 20.4 Å². The fourth-order valence-corrected chi connectivity index (χ4v) is 3.77. The third-order valence-corrected chi connectivity index (χ3v) is 5.56. The number of hydrogen-bond donors (Lipinski definition) is 3. The predicted octanol–water partition coefficient (Wildman–Crippen LogP) is 4.99. The van der Waals surface area contributed by atoms with E-state index in [2.05, 4.69) is 33.9 Å². The van der Waals surface area contributed by atoms with Crippen LogP contribution < -0.4 is 10.9 Å². The highest BCUT2D eigenvalue weighted by Crippen LogP contribution is 2.14. The summed E-state index contributed by atoms with van der Waals surface area (Å²) in [6, 6.07) is 9.39. The number of para-hydroxylation sites is 1. The number of carbonyl (C=O) groups excluding carboxylic acids is 2. The minimum atomic E-state index is -0.386. The lowest BCUT2D eigenvalue weighted by atomic mass is 10.1. The number of carbonyl (C=O) groups is 2. The van der Waals surface area contributed by atoms with E-state index in [0.717, 1.165) is 29.6 Å². The number of hydrazine groups is 1. The molecule has 0 radical (unpaired) electrons. The van der Waals surface area contributed by atoms with Gasteiger partial charge in [0.1, 0.15) is 5.69 Å². The Bertz CT molecular complexity index is 954. The van der Waals surface area contributed by atoms with Gasteiger partial charge in [0.05, 0.1) is 0 Å².